The van der Waals surface area contributed by atoms with Crippen LogP contribution in [-0.2, 0) is 0 Å². The molecule has 0 aliphatic heterocycles. The van der Waals surface area contributed by atoms with E-state index < -0.39 is 0 Å². The zero-order valence-corrected chi connectivity index (χ0v) is 10.9. The van der Waals surface area contributed by atoms with Crippen LogP contribution in [0.3, 0.4) is 0 Å². The van der Waals surface area contributed by atoms with Gasteiger partial charge in [0.15, 0.2) is 0 Å². The predicted molar refractivity (Wildman–Crippen MR) is 69.8 cm³/mol. The highest BCUT2D eigenvalue weighted by Crippen LogP contribution is 2.32. The van der Waals surface area contributed by atoms with Crippen molar-refractivity contribution >= 4 is 11.3 Å². The van der Waals surface area contributed by atoms with E-state index in [0.29, 0.717) is 6.04 Å². The summed E-state index contributed by atoms with van der Waals surface area (Å²) < 4.78 is 0. The van der Waals surface area contributed by atoms with Gasteiger partial charge >= 0.3 is 0 Å². The second kappa shape index (κ2) is 5.60. The Morgan fingerprint density at radius 1 is 1.50 bits per heavy atom. The van der Waals surface area contributed by atoms with Crippen molar-refractivity contribution in [2.24, 2.45) is 0 Å². The summed E-state index contributed by atoms with van der Waals surface area (Å²) in [7, 11) is 0. The summed E-state index contributed by atoms with van der Waals surface area (Å²) >= 11 is 1.81. The van der Waals surface area contributed by atoms with Gasteiger partial charge in [-0.05, 0) is 39.2 Å². The van der Waals surface area contributed by atoms with Gasteiger partial charge in [-0.25, -0.2) is 4.98 Å². The van der Waals surface area contributed by atoms with Crippen molar-refractivity contribution < 1.29 is 0 Å². The lowest BCUT2D eigenvalue weighted by Crippen LogP contribution is -2.22. The molecule has 2 nitrogen and oxygen atoms in total. The van der Waals surface area contributed by atoms with Crippen LogP contribution in [0.2, 0.25) is 0 Å². The van der Waals surface area contributed by atoms with Gasteiger partial charge < -0.3 is 5.32 Å². The molecule has 88 valence electrons. The molecule has 0 amide bonds. The number of aromatic nitrogens is 1. The van der Waals surface area contributed by atoms with Crippen molar-refractivity contribution in [2.45, 2.75) is 45.6 Å². The van der Waals surface area contributed by atoms with Crippen molar-refractivity contribution in [3.63, 3.8) is 0 Å². The van der Waals surface area contributed by atoms with E-state index in [1.54, 1.807) is 5.57 Å². The van der Waals surface area contributed by atoms with Crippen LogP contribution in [0, 0.1) is 6.92 Å². The largest absolute Gasteiger partial charge is 0.306 e. The normalized spacial score (nSPS) is 18.2. The molecule has 1 aromatic heterocycles. The van der Waals surface area contributed by atoms with Crippen LogP contribution in [0.5, 0.6) is 0 Å². The minimum atomic E-state index is 0.413. The molecule has 1 aliphatic carbocycles. The van der Waals surface area contributed by atoms with Gasteiger partial charge in [0.25, 0.3) is 0 Å². The van der Waals surface area contributed by atoms with E-state index in [4.69, 9.17) is 0 Å². The molecule has 0 aromatic carbocycles. The third-order valence-electron chi connectivity index (χ3n) is 3.03. The van der Waals surface area contributed by atoms with Crippen LogP contribution in [0.1, 0.15) is 48.5 Å². The summed E-state index contributed by atoms with van der Waals surface area (Å²) in [4.78, 5) is 5.73. The third kappa shape index (κ3) is 2.71. The molecule has 1 aliphatic rings. The third-order valence-corrected chi connectivity index (χ3v) is 4.01. The van der Waals surface area contributed by atoms with Crippen molar-refractivity contribution in [2.75, 3.05) is 6.54 Å². The van der Waals surface area contributed by atoms with Gasteiger partial charge in [-0.2, -0.15) is 0 Å². The Bertz CT molecular complexity index is 368. The lowest BCUT2D eigenvalue weighted by atomic mass is 9.93. The number of rotatable bonds is 4. The quantitative estimate of drug-likeness (QED) is 0.808. The molecule has 1 heterocycles. The molecule has 16 heavy (non-hydrogen) atoms. The van der Waals surface area contributed by atoms with Gasteiger partial charge in [-0.15, -0.1) is 11.3 Å². The van der Waals surface area contributed by atoms with Gasteiger partial charge in [0, 0.05) is 11.1 Å². The van der Waals surface area contributed by atoms with Crippen LogP contribution in [0.15, 0.2) is 17.8 Å². The van der Waals surface area contributed by atoms with E-state index in [0.717, 1.165) is 11.6 Å². The van der Waals surface area contributed by atoms with E-state index in [-0.39, 0.29) is 0 Å². The Labute approximate surface area is 102 Å². The van der Waals surface area contributed by atoms with E-state index in [2.05, 4.69) is 30.2 Å². The predicted octanol–water partition coefficient (Wildman–Crippen LogP) is 3.60. The molecule has 0 radical (unpaired) electrons. The monoisotopic (exact) mass is 236 g/mol. The average molecular weight is 236 g/mol. The maximum absolute atomic E-state index is 4.37. The summed E-state index contributed by atoms with van der Waals surface area (Å²) in [6.07, 6.45) is 9.63. The van der Waals surface area contributed by atoms with E-state index >= 15 is 0 Å². The second-order valence-corrected chi connectivity index (χ2v) is 5.56. The van der Waals surface area contributed by atoms with Gasteiger partial charge in [0.05, 0.1) is 11.0 Å². The van der Waals surface area contributed by atoms with Gasteiger partial charge in [0.1, 0.15) is 0 Å². The zero-order chi connectivity index (χ0) is 11.4. The fourth-order valence-electron chi connectivity index (χ4n) is 2.25. The summed E-state index contributed by atoms with van der Waals surface area (Å²) in [5.41, 5.74) is 1.57. The molecule has 1 unspecified atom stereocenters. The number of aryl methyl sites for hydroxylation is 1. The molecule has 2 rings (SSSR count). The van der Waals surface area contributed by atoms with Crippen LogP contribution < -0.4 is 5.32 Å². The van der Waals surface area contributed by atoms with Gasteiger partial charge in [0.2, 0.25) is 0 Å². The van der Waals surface area contributed by atoms with Crippen molar-refractivity contribution in [1.29, 1.82) is 0 Å². The van der Waals surface area contributed by atoms with E-state index in [1.807, 2.05) is 17.5 Å². The number of likely N-dealkylation sites (N-methyl/N-ethyl adjacent to an activating group) is 1. The Morgan fingerprint density at radius 2 is 2.38 bits per heavy atom. The smallest absolute Gasteiger partial charge is 0.0897 e. The fraction of sp³-hybridized carbons (Fsp3) is 0.615. The first-order chi connectivity index (χ1) is 7.81. The molecule has 0 spiro atoms. The Kier molecular flexibility index (Phi) is 4.13. The molecular formula is C13H20N2S. The van der Waals surface area contributed by atoms with Crippen molar-refractivity contribution in [3.05, 3.63) is 27.7 Å². The highest BCUT2D eigenvalue weighted by Gasteiger charge is 2.18. The molecule has 0 saturated carbocycles. The van der Waals surface area contributed by atoms with Crippen molar-refractivity contribution in [1.82, 2.24) is 10.3 Å². The topological polar surface area (TPSA) is 24.9 Å². The summed E-state index contributed by atoms with van der Waals surface area (Å²) in [6.45, 7) is 5.26. The zero-order valence-electron chi connectivity index (χ0n) is 10.1. The van der Waals surface area contributed by atoms with E-state index in [1.165, 1.54) is 30.6 Å². The second-order valence-electron chi connectivity index (χ2n) is 4.30. The molecule has 0 fully saturated rings. The first-order valence-corrected chi connectivity index (χ1v) is 6.97. The number of allylic oxidation sites excluding steroid dienone is 1. The maximum Gasteiger partial charge on any atom is 0.0897 e. The van der Waals surface area contributed by atoms with Crippen LogP contribution in [0.25, 0.3) is 0 Å². The number of hydrogen-bond acceptors (Lipinski definition) is 3. The van der Waals surface area contributed by atoms with Gasteiger partial charge in [-0.1, -0.05) is 18.6 Å². The summed E-state index contributed by atoms with van der Waals surface area (Å²) in [6, 6.07) is 0.413. The first kappa shape index (κ1) is 11.8. The molecule has 3 heteroatoms. The number of thiazole rings is 1. The minimum Gasteiger partial charge on any atom is -0.306 e. The average Bonchev–Trinajstić information content (AvgIpc) is 2.74. The lowest BCUT2D eigenvalue weighted by molar-refractivity contribution is 0.569. The fourth-order valence-corrected chi connectivity index (χ4v) is 3.16. The van der Waals surface area contributed by atoms with Crippen molar-refractivity contribution in [3.8, 4) is 0 Å². The van der Waals surface area contributed by atoms with Crippen LogP contribution in [0.4, 0.5) is 0 Å². The molecule has 0 bridgehead atoms. The number of nitrogens with zero attached hydrogens (tertiary/aromatic N) is 1. The minimum absolute atomic E-state index is 0.413. The highest BCUT2D eigenvalue weighted by atomic mass is 32.1. The standard InChI is InChI=1S/C13H20N2S/c1-3-14-13(11-7-5-4-6-8-11)12-9-15-10(2)16-12/h7,9,13-14H,3-6,8H2,1-2H3. The number of nitrogens with one attached hydrogen (secondary N) is 1. The van der Waals surface area contributed by atoms with Crippen LogP contribution >= 0.6 is 11.3 Å². The maximum atomic E-state index is 4.37. The SMILES string of the molecule is CCNC(C1=CCCCC1)c1cnc(C)s1. The molecule has 1 aromatic rings. The first-order valence-electron chi connectivity index (χ1n) is 6.16. The highest BCUT2D eigenvalue weighted by molar-refractivity contribution is 7.11. The summed E-state index contributed by atoms with van der Waals surface area (Å²) in [5, 5.41) is 4.75. The summed E-state index contributed by atoms with van der Waals surface area (Å²) in [5.74, 6) is 0. The Morgan fingerprint density at radius 3 is 2.94 bits per heavy atom. The molecule has 1 N–H and O–H groups in total. The molecular weight excluding hydrogens is 216 g/mol. The molecule has 0 saturated heterocycles. The van der Waals surface area contributed by atoms with Crippen LogP contribution in [-0.4, -0.2) is 11.5 Å². The number of hydrogen-bond donors (Lipinski definition) is 1. The Balaban J connectivity index is 2.19. The lowest BCUT2D eigenvalue weighted by Gasteiger charge is -2.22. The van der Waals surface area contributed by atoms with Gasteiger partial charge in [-0.3, -0.25) is 0 Å². The van der Waals surface area contributed by atoms with E-state index in [9.17, 15) is 0 Å². The molecule has 1 atom stereocenters. The Hall–Kier alpha value is -0.670.